The molecular formula is C11H12BN2O+. The summed E-state index contributed by atoms with van der Waals surface area (Å²) in [5, 5.41) is 5.66. The molecule has 0 saturated heterocycles. The molecule has 0 unspecified atom stereocenters. The molecule has 1 aliphatic rings. The average molecular weight is 199 g/mol. The molecule has 74 valence electrons. The molecule has 0 amide bonds. The predicted molar refractivity (Wildman–Crippen MR) is 62.4 cm³/mol. The molecule has 0 aromatic rings. The van der Waals surface area contributed by atoms with Gasteiger partial charge < -0.3 is 4.65 Å². The topological polar surface area (TPSA) is 47.2 Å². The zero-order chi connectivity index (χ0) is 11.1. The minimum Gasteiger partial charge on any atom is -0.572 e. The van der Waals surface area contributed by atoms with Crippen molar-refractivity contribution in [2.75, 3.05) is 0 Å². The Labute approximate surface area is 90.5 Å². The molecule has 4 heteroatoms. The molecule has 0 aliphatic heterocycles. The molecule has 0 bridgehead atoms. The molecule has 0 saturated carbocycles. The highest BCUT2D eigenvalue weighted by Gasteiger charge is 2.11. The Morgan fingerprint density at radius 2 is 2.20 bits per heavy atom. The van der Waals surface area contributed by atoms with Crippen molar-refractivity contribution in [2.24, 2.45) is 4.99 Å². The van der Waals surface area contributed by atoms with Gasteiger partial charge in [0.05, 0.1) is 11.8 Å². The Hall–Kier alpha value is -1.84. The molecular weight excluding hydrogens is 187 g/mol. The second kappa shape index (κ2) is 5.80. The summed E-state index contributed by atoms with van der Waals surface area (Å²) in [4.78, 5) is 4.21. The maximum absolute atomic E-state index is 5.66. The van der Waals surface area contributed by atoms with Crippen LogP contribution in [0.3, 0.4) is 0 Å². The number of allylic oxidation sites excluding steroid dienone is 6. The Morgan fingerprint density at radius 1 is 1.47 bits per heavy atom. The zero-order valence-electron chi connectivity index (χ0n) is 8.55. The number of rotatable bonds is 2. The van der Waals surface area contributed by atoms with Crippen molar-refractivity contribution in [2.45, 2.75) is 6.92 Å². The fraction of sp³-hybridized carbons (Fsp3) is 0.0909. The summed E-state index contributed by atoms with van der Waals surface area (Å²) < 4.78 is 4.46. The van der Waals surface area contributed by atoms with Gasteiger partial charge in [-0.2, -0.15) is 0 Å². The second-order valence-corrected chi connectivity index (χ2v) is 2.85. The normalized spacial score (nSPS) is 20.3. The summed E-state index contributed by atoms with van der Waals surface area (Å²) in [6.45, 7) is 1.88. The van der Waals surface area contributed by atoms with Gasteiger partial charge in [-0.15, -0.1) is 0 Å². The van der Waals surface area contributed by atoms with E-state index in [0.29, 0.717) is 5.84 Å². The largest absolute Gasteiger partial charge is 0.572 e. The standard InChI is InChI=1S/C11H11BN2O/c1-2-5-11(13)14-10-7-4-3-6-9(10)8-15-12/h2-8,13H,1H3/p+1/b5-2+,9-8-,13-11?,14-10?. The molecule has 1 aliphatic carbocycles. The highest BCUT2D eigenvalue weighted by atomic mass is 16.4. The van der Waals surface area contributed by atoms with Crippen LogP contribution in [0.1, 0.15) is 6.92 Å². The summed E-state index contributed by atoms with van der Waals surface area (Å²) in [7, 11) is 4.97. The van der Waals surface area contributed by atoms with Gasteiger partial charge in [0, 0.05) is 6.08 Å². The molecule has 15 heavy (non-hydrogen) atoms. The maximum Gasteiger partial charge on any atom is 0.373 e. The Balaban J connectivity index is 2.92. The molecule has 0 aromatic heterocycles. The summed E-state index contributed by atoms with van der Waals surface area (Å²) in [5.41, 5.74) is 1.51. The van der Waals surface area contributed by atoms with E-state index < -0.39 is 0 Å². The quantitative estimate of drug-likeness (QED) is 0.295. The van der Waals surface area contributed by atoms with Crippen molar-refractivity contribution >= 4 is 19.6 Å². The lowest BCUT2D eigenvalue weighted by atomic mass is 10.1. The summed E-state index contributed by atoms with van der Waals surface area (Å²) in [6.07, 6.45) is 12.4. The predicted octanol–water partition coefficient (Wildman–Crippen LogP) is 0.271. The van der Waals surface area contributed by atoms with Crippen LogP contribution in [0.25, 0.3) is 0 Å². The van der Waals surface area contributed by atoms with E-state index in [-0.39, 0.29) is 0 Å². The monoisotopic (exact) mass is 199 g/mol. The van der Waals surface area contributed by atoms with Crippen LogP contribution in [0, 0.1) is 0 Å². The van der Waals surface area contributed by atoms with Gasteiger partial charge >= 0.3 is 13.9 Å². The van der Waals surface area contributed by atoms with Crippen molar-refractivity contribution in [3.8, 4) is 0 Å². The second-order valence-electron chi connectivity index (χ2n) is 2.85. The van der Waals surface area contributed by atoms with Crippen LogP contribution in [0.4, 0.5) is 0 Å². The molecule has 2 N–H and O–H groups in total. The van der Waals surface area contributed by atoms with Crippen molar-refractivity contribution in [1.82, 2.24) is 0 Å². The highest BCUT2D eigenvalue weighted by molar-refractivity contribution is 6.16. The fourth-order valence-corrected chi connectivity index (χ4v) is 1.11. The van der Waals surface area contributed by atoms with Gasteiger partial charge in [-0.05, 0) is 24.1 Å². The molecule has 3 nitrogen and oxygen atoms in total. The number of amidine groups is 1. The number of hydrogen-bond acceptors (Lipinski definition) is 1. The van der Waals surface area contributed by atoms with Crippen LogP contribution in [0.2, 0.25) is 0 Å². The SMILES string of the molecule is [B]O/C=C1/C=CC=CC1=NC(=[NH2+])/C=C/C. The van der Waals surface area contributed by atoms with E-state index in [1.807, 2.05) is 37.3 Å². The van der Waals surface area contributed by atoms with E-state index in [1.165, 1.54) is 6.26 Å². The third kappa shape index (κ3) is 3.42. The molecule has 0 atom stereocenters. The Bertz CT molecular complexity index is 389. The highest BCUT2D eigenvalue weighted by Crippen LogP contribution is 2.08. The van der Waals surface area contributed by atoms with E-state index in [1.54, 1.807) is 6.08 Å². The van der Waals surface area contributed by atoms with Gasteiger partial charge in [0.15, 0.2) is 5.71 Å². The lowest BCUT2D eigenvalue weighted by Gasteiger charge is -2.00. The minimum absolute atomic E-state index is 0.440. The van der Waals surface area contributed by atoms with Crippen molar-refractivity contribution < 1.29 is 10.1 Å². The van der Waals surface area contributed by atoms with Gasteiger partial charge in [-0.25, -0.2) is 0 Å². The first-order chi connectivity index (χ1) is 7.27. The van der Waals surface area contributed by atoms with E-state index in [0.717, 1.165) is 11.3 Å². The molecule has 1 rings (SSSR count). The van der Waals surface area contributed by atoms with Crippen LogP contribution >= 0.6 is 0 Å². The van der Waals surface area contributed by atoms with Gasteiger partial charge in [0.2, 0.25) is 0 Å². The zero-order valence-corrected chi connectivity index (χ0v) is 8.55. The molecule has 2 radical (unpaired) electrons. The van der Waals surface area contributed by atoms with Gasteiger partial charge in [-0.3, -0.25) is 5.41 Å². The lowest BCUT2D eigenvalue weighted by Crippen LogP contribution is -2.37. The van der Waals surface area contributed by atoms with Gasteiger partial charge in [0.25, 0.3) is 0 Å². The van der Waals surface area contributed by atoms with E-state index in [2.05, 4.69) is 9.65 Å². The third-order valence-electron chi connectivity index (χ3n) is 1.72. The summed E-state index contributed by atoms with van der Waals surface area (Å²) in [6, 6.07) is 0. The molecule has 0 fully saturated rings. The Morgan fingerprint density at radius 3 is 2.87 bits per heavy atom. The molecule has 0 aromatic carbocycles. The molecule has 0 spiro atoms. The van der Waals surface area contributed by atoms with Crippen LogP contribution in [0.15, 0.2) is 53.3 Å². The van der Waals surface area contributed by atoms with Crippen LogP contribution in [-0.2, 0) is 4.65 Å². The first-order valence-electron chi connectivity index (χ1n) is 4.52. The van der Waals surface area contributed by atoms with Gasteiger partial charge in [-0.1, -0.05) is 18.2 Å². The average Bonchev–Trinajstić information content (AvgIpc) is 2.21. The first kappa shape index (κ1) is 11.2. The third-order valence-corrected chi connectivity index (χ3v) is 1.72. The number of aliphatic imine (C=N–C) groups is 1. The van der Waals surface area contributed by atoms with Gasteiger partial charge in [0.1, 0.15) is 0 Å². The smallest absolute Gasteiger partial charge is 0.373 e. The van der Waals surface area contributed by atoms with E-state index in [4.69, 9.17) is 13.5 Å². The van der Waals surface area contributed by atoms with Crippen LogP contribution < -0.4 is 5.41 Å². The minimum atomic E-state index is 0.440. The van der Waals surface area contributed by atoms with Crippen molar-refractivity contribution in [3.63, 3.8) is 0 Å². The van der Waals surface area contributed by atoms with Crippen LogP contribution in [0.5, 0.6) is 0 Å². The van der Waals surface area contributed by atoms with E-state index in [9.17, 15) is 0 Å². The maximum atomic E-state index is 5.66. The van der Waals surface area contributed by atoms with E-state index >= 15 is 0 Å². The Kier molecular flexibility index (Phi) is 4.35. The first-order valence-corrected chi connectivity index (χ1v) is 4.52. The summed E-state index contributed by atoms with van der Waals surface area (Å²) >= 11 is 0. The number of nitrogens with zero attached hydrogens (tertiary/aromatic N) is 1. The van der Waals surface area contributed by atoms with Crippen molar-refractivity contribution in [3.05, 3.63) is 48.3 Å². The lowest BCUT2D eigenvalue weighted by molar-refractivity contribution is -0.113. The summed E-state index contributed by atoms with van der Waals surface area (Å²) in [5.74, 6) is 0.440. The fourth-order valence-electron chi connectivity index (χ4n) is 1.11. The van der Waals surface area contributed by atoms with Crippen LogP contribution in [-0.4, -0.2) is 19.6 Å². The number of nitrogens with two attached hydrogens (primary N) is 1. The van der Waals surface area contributed by atoms with Crippen molar-refractivity contribution in [1.29, 1.82) is 0 Å². The molecule has 0 heterocycles. The number of hydrogen-bond donors (Lipinski definition) is 1.